The average molecular weight is 706 g/mol. The number of Topliss-reactive ketones (excluding diaryl/α,β-unsaturated/α-hetero) is 1. The Bertz CT molecular complexity index is 2570. The van der Waals surface area contributed by atoms with Crippen LogP contribution in [-0.2, 0) is 15.6 Å². The standard InChI is InChI=1S/C40H35NO3S4/c1-18-16-21-22-17-19(2)46-36(22)33-31(26-14-15-27(48-26)40(6,7)8)34(42)30(32(33)35(21)45-18)25-13-12-24(47-25)20-10-11-23(39(3,4)5)29-28(20)37(43)41(9)38(29)44/h10-17H,1-9H3. The first-order valence-electron chi connectivity index (χ1n) is 16.0. The van der Waals surface area contributed by atoms with E-state index < -0.39 is 0 Å². The van der Waals surface area contributed by atoms with E-state index in [1.165, 1.54) is 41.6 Å². The van der Waals surface area contributed by atoms with Crippen LogP contribution in [0.15, 0.2) is 48.5 Å². The molecule has 6 aromatic rings. The predicted molar refractivity (Wildman–Crippen MR) is 204 cm³/mol. The third-order valence-corrected chi connectivity index (χ3v) is 14.2. The van der Waals surface area contributed by atoms with Gasteiger partial charge in [-0.3, -0.25) is 19.3 Å². The van der Waals surface area contributed by atoms with E-state index in [1.54, 1.807) is 41.1 Å². The van der Waals surface area contributed by atoms with Crippen molar-refractivity contribution in [3.05, 3.63) is 100 Å². The predicted octanol–water partition coefficient (Wildman–Crippen LogP) is 9.32. The van der Waals surface area contributed by atoms with Crippen LogP contribution in [0.3, 0.4) is 0 Å². The topological polar surface area (TPSA) is 54.5 Å². The van der Waals surface area contributed by atoms with Crippen molar-refractivity contribution >= 4 is 94.3 Å². The molecule has 242 valence electrons. The maximum atomic E-state index is 15.0. The van der Waals surface area contributed by atoms with Crippen LogP contribution < -0.4 is 10.4 Å². The van der Waals surface area contributed by atoms with Gasteiger partial charge in [-0.25, -0.2) is 0 Å². The lowest BCUT2D eigenvalue weighted by Gasteiger charge is -2.22. The van der Waals surface area contributed by atoms with Gasteiger partial charge in [0.15, 0.2) is 5.78 Å². The normalized spacial score (nSPS) is 15.2. The third kappa shape index (κ3) is 4.45. The Morgan fingerprint density at radius 2 is 1.10 bits per heavy atom. The molecule has 2 amide bonds. The molecule has 0 saturated heterocycles. The lowest BCUT2D eigenvalue weighted by atomic mass is 9.81. The fraction of sp³-hybridized carbons (Fsp3) is 0.275. The number of aryl methyl sites for hydroxylation is 2. The van der Waals surface area contributed by atoms with E-state index in [0.29, 0.717) is 11.1 Å². The highest BCUT2D eigenvalue weighted by molar-refractivity contribution is 7.21. The van der Waals surface area contributed by atoms with E-state index in [0.717, 1.165) is 56.7 Å². The van der Waals surface area contributed by atoms with Crippen molar-refractivity contribution in [2.45, 2.75) is 66.2 Å². The molecule has 0 atom stereocenters. The number of nitrogens with zero attached hydrogens (tertiary/aromatic N) is 1. The highest BCUT2D eigenvalue weighted by Gasteiger charge is 2.40. The fourth-order valence-corrected chi connectivity index (χ4v) is 11.5. The number of carbonyl (C=O) groups is 3. The van der Waals surface area contributed by atoms with Gasteiger partial charge >= 0.3 is 0 Å². The van der Waals surface area contributed by atoms with Gasteiger partial charge in [-0.1, -0.05) is 53.7 Å². The number of amides is 2. The lowest BCUT2D eigenvalue weighted by molar-refractivity contribution is -0.108. The van der Waals surface area contributed by atoms with E-state index in [-0.39, 0.29) is 28.4 Å². The quantitative estimate of drug-likeness (QED) is 0.173. The molecule has 1 aliphatic heterocycles. The van der Waals surface area contributed by atoms with Gasteiger partial charge in [0.05, 0.1) is 11.1 Å². The van der Waals surface area contributed by atoms with Crippen LogP contribution in [0.1, 0.15) is 92.2 Å². The van der Waals surface area contributed by atoms with Crippen LogP contribution in [-0.4, -0.2) is 29.5 Å². The number of thiophene rings is 4. The summed E-state index contributed by atoms with van der Waals surface area (Å²) in [5, 5.41) is 4.48. The highest BCUT2D eigenvalue weighted by atomic mass is 32.1. The van der Waals surface area contributed by atoms with Crippen molar-refractivity contribution in [3.8, 4) is 10.4 Å². The number of benzene rings is 2. The molecule has 0 N–H and O–H groups in total. The van der Waals surface area contributed by atoms with E-state index in [4.69, 9.17) is 0 Å². The summed E-state index contributed by atoms with van der Waals surface area (Å²) in [6.45, 7) is 17.1. The molecule has 8 heteroatoms. The summed E-state index contributed by atoms with van der Waals surface area (Å²) < 4.78 is 2.31. The molecule has 0 saturated carbocycles. The summed E-state index contributed by atoms with van der Waals surface area (Å²) in [6, 6.07) is 16.8. The minimum atomic E-state index is -0.309. The Balaban J connectivity index is 1.43. The second-order valence-electron chi connectivity index (χ2n) is 14.9. The molecule has 2 aliphatic rings. The zero-order valence-corrected chi connectivity index (χ0v) is 31.7. The Morgan fingerprint density at radius 3 is 1.65 bits per heavy atom. The zero-order valence-electron chi connectivity index (χ0n) is 28.4. The number of rotatable bonds is 3. The van der Waals surface area contributed by atoms with Crippen molar-refractivity contribution in [1.29, 1.82) is 0 Å². The largest absolute Gasteiger partial charge is 0.288 e. The van der Waals surface area contributed by atoms with E-state index in [2.05, 4.69) is 79.7 Å². The monoisotopic (exact) mass is 705 g/mol. The lowest BCUT2D eigenvalue weighted by Crippen LogP contribution is -2.25. The van der Waals surface area contributed by atoms with Crippen molar-refractivity contribution in [1.82, 2.24) is 4.90 Å². The van der Waals surface area contributed by atoms with Gasteiger partial charge < -0.3 is 0 Å². The molecule has 48 heavy (non-hydrogen) atoms. The van der Waals surface area contributed by atoms with Crippen LogP contribution in [0.25, 0.3) is 41.8 Å². The third-order valence-electron chi connectivity index (χ3n) is 9.42. The first-order chi connectivity index (χ1) is 22.6. The van der Waals surface area contributed by atoms with Crippen LogP contribution in [0.5, 0.6) is 0 Å². The Hall–Kier alpha value is -3.69. The molecular formula is C40H35NO3S4. The molecule has 4 nitrogen and oxygen atoms in total. The SMILES string of the molecule is Cc1cc2c(s1)c1c(c3sc(C)cc32)=C(c2ccc(C(C)(C)C)s2)C(=O)C=1c1ccc(-c2ccc(C(C)(C)C)c3c2C(=O)N(C)C3=O)s1. The molecule has 0 radical (unpaired) electrons. The molecule has 8 rings (SSSR count). The average Bonchev–Trinajstić information content (AvgIpc) is 3.84. The molecule has 5 heterocycles. The Kier molecular flexibility index (Phi) is 6.85. The first-order valence-corrected chi connectivity index (χ1v) is 19.3. The molecule has 0 fully saturated rings. The molecule has 1 aliphatic carbocycles. The minimum absolute atomic E-state index is 0.0253. The fourth-order valence-electron chi connectivity index (χ4n) is 7.12. The van der Waals surface area contributed by atoms with Crippen molar-refractivity contribution in [2.75, 3.05) is 7.05 Å². The van der Waals surface area contributed by atoms with Gasteiger partial charge in [-0.05, 0) is 66.6 Å². The number of hydrogen-bond acceptors (Lipinski definition) is 7. The second-order valence-corrected chi connectivity index (χ2v) is 19.6. The van der Waals surface area contributed by atoms with Gasteiger partial charge in [0.2, 0.25) is 0 Å². The first kappa shape index (κ1) is 31.6. The van der Waals surface area contributed by atoms with Gasteiger partial charge in [0.1, 0.15) is 0 Å². The van der Waals surface area contributed by atoms with Gasteiger partial charge in [0.25, 0.3) is 11.8 Å². The molecule has 0 spiro atoms. The number of fused-ring (bicyclic) bond motifs is 7. The molecule has 2 aromatic carbocycles. The van der Waals surface area contributed by atoms with Crippen LogP contribution in [0.2, 0.25) is 0 Å². The van der Waals surface area contributed by atoms with Gasteiger partial charge in [-0.15, -0.1) is 45.3 Å². The number of ketones is 1. The zero-order chi connectivity index (χ0) is 34.2. The maximum absolute atomic E-state index is 15.0. The van der Waals surface area contributed by atoms with Crippen molar-refractivity contribution in [2.24, 2.45) is 0 Å². The summed E-state index contributed by atoms with van der Waals surface area (Å²) in [7, 11) is 1.55. The van der Waals surface area contributed by atoms with Gasteiger partial charge in [0, 0.05) is 83.6 Å². The molecule has 0 unspecified atom stereocenters. The highest BCUT2D eigenvalue weighted by Crippen LogP contribution is 2.44. The van der Waals surface area contributed by atoms with Crippen LogP contribution in [0, 0.1) is 13.8 Å². The summed E-state index contributed by atoms with van der Waals surface area (Å²) in [5.41, 5.74) is 3.73. The minimum Gasteiger partial charge on any atom is -0.288 e. The molecular weight excluding hydrogens is 671 g/mol. The second kappa shape index (κ2) is 10.4. The number of carbonyl (C=O) groups excluding carboxylic acids is 3. The van der Waals surface area contributed by atoms with Crippen molar-refractivity contribution in [3.63, 3.8) is 0 Å². The summed E-state index contributed by atoms with van der Waals surface area (Å²) in [4.78, 5) is 49.6. The van der Waals surface area contributed by atoms with E-state index in [9.17, 15) is 14.4 Å². The molecule has 0 bridgehead atoms. The summed E-state index contributed by atoms with van der Waals surface area (Å²) in [5.74, 6) is -0.496. The van der Waals surface area contributed by atoms with E-state index in [1.807, 2.05) is 24.3 Å². The van der Waals surface area contributed by atoms with Gasteiger partial charge in [-0.2, -0.15) is 0 Å². The smallest absolute Gasteiger partial charge is 0.261 e. The number of hydrogen-bond donors (Lipinski definition) is 0. The molecule has 4 aromatic heterocycles. The Labute approximate surface area is 295 Å². The Morgan fingerprint density at radius 1 is 0.583 bits per heavy atom. The summed E-state index contributed by atoms with van der Waals surface area (Å²) >= 11 is 6.75. The van der Waals surface area contributed by atoms with Crippen LogP contribution >= 0.6 is 45.3 Å². The van der Waals surface area contributed by atoms with Crippen LogP contribution in [0.4, 0.5) is 0 Å². The van der Waals surface area contributed by atoms with Crippen molar-refractivity contribution < 1.29 is 14.4 Å². The summed E-state index contributed by atoms with van der Waals surface area (Å²) in [6.07, 6.45) is 0. The maximum Gasteiger partial charge on any atom is 0.261 e. The number of imide groups is 1. The van der Waals surface area contributed by atoms with E-state index >= 15 is 0 Å².